The zero-order valence-electron chi connectivity index (χ0n) is 8.03. The van der Waals surface area contributed by atoms with Crippen LogP contribution >= 0.6 is 0 Å². The molecule has 1 aromatic carbocycles. The topological polar surface area (TPSA) is 24.4 Å². The highest BCUT2D eigenvalue weighted by molar-refractivity contribution is 5.59. The number of nitrogens with zero attached hydrogens (tertiary/aromatic N) is 1. The van der Waals surface area contributed by atoms with E-state index >= 15 is 0 Å². The average molecular weight is 176 g/mol. The second kappa shape index (κ2) is 6.23. The number of hydrazone groups is 1. The van der Waals surface area contributed by atoms with E-state index in [4.69, 9.17) is 0 Å². The minimum atomic E-state index is 1.04. The summed E-state index contributed by atoms with van der Waals surface area (Å²) >= 11 is 0. The molecule has 0 unspecified atom stereocenters. The molecule has 0 amide bonds. The minimum Gasteiger partial charge on any atom is -0.279 e. The number of nitrogens with one attached hydrogen (secondary N) is 1. The van der Waals surface area contributed by atoms with E-state index in [1.165, 1.54) is 12.8 Å². The number of anilines is 1. The van der Waals surface area contributed by atoms with Crippen molar-refractivity contribution in [2.75, 3.05) is 5.43 Å². The quantitative estimate of drug-likeness (QED) is 0.415. The molecule has 0 aliphatic carbocycles. The van der Waals surface area contributed by atoms with Gasteiger partial charge in [0.2, 0.25) is 0 Å². The third kappa shape index (κ3) is 4.31. The normalized spacial score (nSPS) is 10.5. The van der Waals surface area contributed by atoms with Gasteiger partial charge in [-0.05, 0) is 25.0 Å². The Labute approximate surface area is 79.7 Å². The van der Waals surface area contributed by atoms with Crippen LogP contribution in [0.2, 0.25) is 0 Å². The molecule has 1 N–H and O–H groups in total. The van der Waals surface area contributed by atoms with Gasteiger partial charge in [0.15, 0.2) is 0 Å². The molecule has 0 aromatic heterocycles. The summed E-state index contributed by atoms with van der Waals surface area (Å²) in [5, 5.41) is 4.10. The van der Waals surface area contributed by atoms with Gasteiger partial charge in [0, 0.05) is 6.21 Å². The molecule has 0 fully saturated rings. The van der Waals surface area contributed by atoms with E-state index in [2.05, 4.69) is 17.5 Å². The first-order chi connectivity index (χ1) is 6.43. The molecule has 0 atom stereocenters. The zero-order chi connectivity index (χ0) is 9.36. The molecule has 0 bridgehead atoms. The number of para-hydroxylation sites is 1. The van der Waals surface area contributed by atoms with Gasteiger partial charge in [0.1, 0.15) is 0 Å². The van der Waals surface area contributed by atoms with Gasteiger partial charge in [-0.1, -0.05) is 31.5 Å². The summed E-state index contributed by atoms with van der Waals surface area (Å²) in [6, 6.07) is 9.97. The summed E-state index contributed by atoms with van der Waals surface area (Å²) < 4.78 is 0. The predicted octanol–water partition coefficient (Wildman–Crippen LogP) is 3.27. The standard InChI is InChI=1S/C11H16N2/c1-2-3-7-10-12-13-11-8-5-4-6-9-11/h4-6,8-10,13H,2-3,7H2,1H3. The van der Waals surface area contributed by atoms with Crippen LogP contribution in [0.5, 0.6) is 0 Å². The van der Waals surface area contributed by atoms with Crippen molar-refractivity contribution in [3.8, 4) is 0 Å². The highest BCUT2D eigenvalue weighted by atomic mass is 15.3. The highest BCUT2D eigenvalue weighted by Gasteiger charge is 1.83. The largest absolute Gasteiger partial charge is 0.279 e. The van der Waals surface area contributed by atoms with Crippen molar-refractivity contribution in [3.05, 3.63) is 30.3 Å². The van der Waals surface area contributed by atoms with Gasteiger partial charge in [0.05, 0.1) is 5.69 Å². The highest BCUT2D eigenvalue weighted by Crippen LogP contribution is 2.03. The molecular weight excluding hydrogens is 160 g/mol. The Hall–Kier alpha value is -1.31. The van der Waals surface area contributed by atoms with E-state index in [-0.39, 0.29) is 0 Å². The smallest absolute Gasteiger partial charge is 0.0561 e. The number of hydrogen-bond donors (Lipinski definition) is 1. The molecule has 0 saturated carbocycles. The molecular formula is C11H16N2. The third-order valence-corrected chi connectivity index (χ3v) is 1.75. The number of unbranched alkanes of at least 4 members (excludes halogenated alkanes) is 2. The number of benzene rings is 1. The van der Waals surface area contributed by atoms with E-state index in [1.54, 1.807) is 0 Å². The van der Waals surface area contributed by atoms with E-state index in [9.17, 15) is 0 Å². The molecule has 0 radical (unpaired) electrons. The van der Waals surface area contributed by atoms with Gasteiger partial charge in [-0.3, -0.25) is 5.43 Å². The Morgan fingerprint density at radius 2 is 2.08 bits per heavy atom. The molecule has 13 heavy (non-hydrogen) atoms. The summed E-state index contributed by atoms with van der Waals surface area (Å²) in [5.41, 5.74) is 4.01. The molecule has 2 nitrogen and oxygen atoms in total. The molecule has 1 rings (SSSR count). The molecule has 0 saturated heterocycles. The van der Waals surface area contributed by atoms with Gasteiger partial charge < -0.3 is 0 Å². The van der Waals surface area contributed by atoms with Crippen molar-refractivity contribution < 1.29 is 0 Å². The Morgan fingerprint density at radius 1 is 1.31 bits per heavy atom. The van der Waals surface area contributed by atoms with Gasteiger partial charge in [-0.2, -0.15) is 5.10 Å². The third-order valence-electron chi connectivity index (χ3n) is 1.75. The monoisotopic (exact) mass is 176 g/mol. The maximum absolute atomic E-state index is 4.10. The molecule has 0 spiro atoms. The van der Waals surface area contributed by atoms with Crippen LogP contribution in [0.3, 0.4) is 0 Å². The maximum atomic E-state index is 4.10. The average Bonchev–Trinajstić information content (AvgIpc) is 2.19. The van der Waals surface area contributed by atoms with Crippen LogP contribution < -0.4 is 5.43 Å². The second-order valence-electron chi connectivity index (χ2n) is 2.93. The SMILES string of the molecule is CCCCC=NNc1ccccc1. The van der Waals surface area contributed by atoms with Crippen molar-refractivity contribution in [2.24, 2.45) is 5.10 Å². The van der Waals surface area contributed by atoms with Crippen LogP contribution in [0.4, 0.5) is 5.69 Å². The van der Waals surface area contributed by atoms with Crippen LogP contribution in [0.25, 0.3) is 0 Å². The fourth-order valence-electron chi connectivity index (χ4n) is 0.993. The van der Waals surface area contributed by atoms with Crippen molar-refractivity contribution in [2.45, 2.75) is 26.2 Å². The number of hydrogen-bond acceptors (Lipinski definition) is 2. The lowest BCUT2D eigenvalue weighted by Gasteiger charge is -1.97. The van der Waals surface area contributed by atoms with E-state index in [0.717, 1.165) is 12.1 Å². The fourth-order valence-corrected chi connectivity index (χ4v) is 0.993. The summed E-state index contributed by atoms with van der Waals surface area (Å²) in [5.74, 6) is 0. The maximum Gasteiger partial charge on any atom is 0.0561 e. The Morgan fingerprint density at radius 3 is 2.77 bits per heavy atom. The molecule has 0 heterocycles. The van der Waals surface area contributed by atoms with Crippen LogP contribution in [0.1, 0.15) is 26.2 Å². The van der Waals surface area contributed by atoms with Crippen molar-refractivity contribution in [1.82, 2.24) is 0 Å². The lowest BCUT2D eigenvalue weighted by Crippen LogP contribution is -1.88. The Bertz CT molecular complexity index is 242. The first-order valence-electron chi connectivity index (χ1n) is 4.76. The predicted molar refractivity (Wildman–Crippen MR) is 58.1 cm³/mol. The second-order valence-corrected chi connectivity index (χ2v) is 2.93. The molecule has 0 aliphatic heterocycles. The van der Waals surface area contributed by atoms with Crippen LogP contribution in [0, 0.1) is 0 Å². The van der Waals surface area contributed by atoms with E-state index < -0.39 is 0 Å². The Kier molecular flexibility index (Phi) is 4.69. The van der Waals surface area contributed by atoms with Gasteiger partial charge in [-0.15, -0.1) is 0 Å². The van der Waals surface area contributed by atoms with Crippen molar-refractivity contribution in [3.63, 3.8) is 0 Å². The van der Waals surface area contributed by atoms with Crippen molar-refractivity contribution in [1.29, 1.82) is 0 Å². The van der Waals surface area contributed by atoms with E-state index in [1.807, 2.05) is 36.5 Å². The first-order valence-corrected chi connectivity index (χ1v) is 4.76. The lowest BCUT2D eigenvalue weighted by molar-refractivity contribution is 0.842. The van der Waals surface area contributed by atoms with Crippen molar-refractivity contribution >= 4 is 11.9 Å². The van der Waals surface area contributed by atoms with Crippen LogP contribution in [0.15, 0.2) is 35.4 Å². The summed E-state index contributed by atoms with van der Waals surface area (Å²) in [7, 11) is 0. The molecule has 0 aliphatic rings. The first kappa shape index (κ1) is 9.78. The summed E-state index contributed by atoms with van der Waals surface area (Å²) in [6.07, 6.45) is 5.41. The zero-order valence-corrected chi connectivity index (χ0v) is 8.03. The molecule has 70 valence electrons. The molecule has 2 heteroatoms. The molecule has 1 aromatic rings. The summed E-state index contributed by atoms with van der Waals surface area (Å²) in [6.45, 7) is 2.18. The van der Waals surface area contributed by atoms with Crippen LogP contribution in [-0.2, 0) is 0 Å². The van der Waals surface area contributed by atoms with E-state index in [0.29, 0.717) is 0 Å². The van der Waals surface area contributed by atoms with Crippen LogP contribution in [-0.4, -0.2) is 6.21 Å². The van der Waals surface area contributed by atoms with Gasteiger partial charge >= 0.3 is 0 Å². The Balaban J connectivity index is 2.23. The fraction of sp³-hybridized carbons (Fsp3) is 0.364. The number of rotatable bonds is 5. The summed E-state index contributed by atoms with van der Waals surface area (Å²) in [4.78, 5) is 0. The van der Waals surface area contributed by atoms with Gasteiger partial charge in [-0.25, -0.2) is 0 Å². The minimum absolute atomic E-state index is 1.04. The lowest BCUT2D eigenvalue weighted by atomic mass is 10.3. The van der Waals surface area contributed by atoms with Gasteiger partial charge in [0.25, 0.3) is 0 Å².